The fourth-order valence-electron chi connectivity index (χ4n) is 1.63. The first-order chi connectivity index (χ1) is 6.41. The normalized spacial score (nSPS) is 12.4. The molecule has 0 saturated heterocycles. The molecule has 2 nitrogen and oxygen atoms in total. The zero-order valence-electron chi connectivity index (χ0n) is 10.9. The van der Waals surface area contributed by atoms with Gasteiger partial charge in [-0.25, -0.2) is 0 Å². The standard InChI is InChI=1S/C12H28N2/c1-11(2)9-14(10-12(3)4)8-7-13(5)6/h11-12H,7-10H2,1-6H3. The first kappa shape index (κ1) is 13.9. The zero-order valence-corrected chi connectivity index (χ0v) is 10.9. The molecule has 0 bridgehead atoms. The molecule has 0 spiro atoms. The van der Waals surface area contributed by atoms with Crippen molar-refractivity contribution >= 4 is 0 Å². The van der Waals surface area contributed by atoms with Crippen molar-refractivity contribution in [3.8, 4) is 0 Å². The Morgan fingerprint density at radius 3 is 1.50 bits per heavy atom. The molecule has 0 aromatic rings. The smallest absolute Gasteiger partial charge is 0.0109 e. The lowest BCUT2D eigenvalue weighted by molar-refractivity contribution is 0.199. The van der Waals surface area contributed by atoms with Gasteiger partial charge in [-0.05, 0) is 25.9 Å². The van der Waals surface area contributed by atoms with Gasteiger partial charge in [0.2, 0.25) is 0 Å². The van der Waals surface area contributed by atoms with Gasteiger partial charge < -0.3 is 9.80 Å². The molecular formula is C12H28N2. The molecule has 0 saturated carbocycles. The fourth-order valence-corrected chi connectivity index (χ4v) is 1.63. The molecule has 0 N–H and O–H groups in total. The minimum Gasteiger partial charge on any atom is -0.308 e. The topological polar surface area (TPSA) is 6.48 Å². The van der Waals surface area contributed by atoms with E-state index < -0.39 is 0 Å². The molecule has 2 heteroatoms. The van der Waals surface area contributed by atoms with E-state index in [1.807, 2.05) is 0 Å². The average molecular weight is 200 g/mol. The van der Waals surface area contributed by atoms with Gasteiger partial charge in [0, 0.05) is 26.2 Å². The maximum absolute atomic E-state index is 2.58. The quantitative estimate of drug-likeness (QED) is 0.621. The first-order valence-corrected chi connectivity index (χ1v) is 5.79. The third kappa shape index (κ3) is 8.52. The van der Waals surface area contributed by atoms with Crippen LogP contribution in [0.5, 0.6) is 0 Å². The molecule has 0 aliphatic rings. The van der Waals surface area contributed by atoms with E-state index in [0.717, 1.165) is 11.8 Å². The molecule has 0 heterocycles. The second-order valence-corrected chi connectivity index (χ2v) is 5.35. The first-order valence-electron chi connectivity index (χ1n) is 5.79. The zero-order chi connectivity index (χ0) is 11.1. The Balaban J connectivity index is 3.84. The van der Waals surface area contributed by atoms with Crippen molar-refractivity contribution in [1.82, 2.24) is 9.80 Å². The SMILES string of the molecule is CC(C)CN(CCN(C)C)CC(C)C. The van der Waals surface area contributed by atoms with E-state index in [1.54, 1.807) is 0 Å². The van der Waals surface area contributed by atoms with Crippen molar-refractivity contribution in [3.63, 3.8) is 0 Å². The summed E-state index contributed by atoms with van der Waals surface area (Å²) in [6, 6.07) is 0. The van der Waals surface area contributed by atoms with Crippen LogP contribution in [-0.2, 0) is 0 Å². The van der Waals surface area contributed by atoms with Crippen LogP contribution in [0.15, 0.2) is 0 Å². The highest BCUT2D eigenvalue weighted by Gasteiger charge is 2.09. The fraction of sp³-hybridized carbons (Fsp3) is 1.00. The van der Waals surface area contributed by atoms with E-state index in [0.29, 0.717) is 0 Å². The highest BCUT2D eigenvalue weighted by atomic mass is 15.2. The predicted molar refractivity (Wildman–Crippen MR) is 64.7 cm³/mol. The molecule has 86 valence electrons. The van der Waals surface area contributed by atoms with E-state index in [2.05, 4.69) is 51.6 Å². The number of nitrogens with zero attached hydrogens (tertiary/aromatic N) is 2. The molecule has 14 heavy (non-hydrogen) atoms. The molecule has 0 rings (SSSR count). The maximum atomic E-state index is 2.58. The lowest BCUT2D eigenvalue weighted by Crippen LogP contribution is -2.36. The van der Waals surface area contributed by atoms with Crippen LogP contribution in [0.25, 0.3) is 0 Å². The maximum Gasteiger partial charge on any atom is 0.0109 e. The number of hydrogen-bond acceptors (Lipinski definition) is 2. The molecule has 0 aromatic heterocycles. The van der Waals surface area contributed by atoms with Gasteiger partial charge in [-0.3, -0.25) is 0 Å². The molecule has 0 radical (unpaired) electrons. The van der Waals surface area contributed by atoms with E-state index in [1.165, 1.54) is 26.2 Å². The minimum atomic E-state index is 0.774. The molecule has 0 aliphatic carbocycles. The van der Waals surface area contributed by atoms with Gasteiger partial charge in [-0.2, -0.15) is 0 Å². The highest BCUT2D eigenvalue weighted by molar-refractivity contribution is 4.63. The molecule has 0 amide bonds. The van der Waals surface area contributed by atoms with Crippen molar-refractivity contribution in [2.45, 2.75) is 27.7 Å². The number of rotatable bonds is 7. The third-order valence-corrected chi connectivity index (χ3v) is 2.11. The summed E-state index contributed by atoms with van der Waals surface area (Å²) in [7, 11) is 4.28. The largest absolute Gasteiger partial charge is 0.308 e. The molecule has 0 aromatic carbocycles. The van der Waals surface area contributed by atoms with E-state index in [9.17, 15) is 0 Å². The van der Waals surface area contributed by atoms with E-state index in [-0.39, 0.29) is 0 Å². The Morgan fingerprint density at radius 1 is 0.786 bits per heavy atom. The number of hydrogen-bond donors (Lipinski definition) is 0. The lowest BCUT2D eigenvalue weighted by atomic mass is 10.1. The van der Waals surface area contributed by atoms with Crippen LogP contribution in [0, 0.1) is 11.8 Å². The highest BCUT2D eigenvalue weighted by Crippen LogP contribution is 2.03. The van der Waals surface area contributed by atoms with Crippen molar-refractivity contribution < 1.29 is 0 Å². The molecular weight excluding hydrogens is 172 g/mol. The summed E-state index contributed by atoms with van der Waals surface area (Å²) in [6.45, 7) is 14.0. The molecule has 0 fully saturated rings. The van der Waals surface area contributed by atoms with Crippen LogP contribution in [0.3, 0.4) is 0 Å². The van der Waals surface area contributed by atoms with Gasteiger partial charge in [0.15, 0.2) is 0 Å². The van der Waals surface area contributed by atoms with Crippen LogP contribution < -0.4 is 0 Å². The van der Waals surface area contributed by atoms with Gasteiger partial charge in [-0.15, -0.1) is 0 Å². The van der Waals surface area contributed by atoms with Crippen LogP contribution in [0.1, 0.15) is 27.7 Å². The predicted octanol–water partition coefficient (Wildman–Crippen LogP) is 2.16. The third-order valence-electron chi connectivity index (χ3n) is 2.11. The Hall–Kier alpha value is -0.0800. The van der Waals surface area contributed by atoms with Crippen molar-refractivity contribution in [1.29, 1.82) is 0 Å². The van der Waals surface area contributed by atoms with Crippen molar-refractivity contribution in [3.05, 3.63) is 0 Å². The van der Waals surface area contributed by atoms with Gasteiger partial charge >= 0.3 is 0 Å². The summed E-state index contributed by atoms with van der Waals surface area (Å²) >= 11 is 0. The average Bonchev–Trinajstić information content (AvgIpc) is 1.97. The van der Waals surface area contributed by atoms with E-state index >= 15 is 0 Å². The minimum absolute atomic E-state index is 0.774. The Bertz CT molecular complexity index is 120. The summed E-state index contributed by atoms with van der Waals surface area (Å²) in [5, 5.41) is 0. The van der Waals surface area contributed by atoms with Gasteiger partial charge in [0.25, 0.3) is 0 Å². The lowest BCUT2D eigenvalue weighted by Gasteiger charge is -2.27. The van der Waals surface area contributed by atoms with Gasteiger partial charge in [-0.1, -0.05) is 27.7 Å². The second-order valence-electron chi connectivity index (χ2n) is 5.35. The van der Waals surface area contributed by atoms with E-state index in [4.69, 9.17) is 0 Å². The van der Waals surface area contributed by atoms with Crippen LogP contribution in [0.4, 0.5) is 0 Å². The monoisotopic (exact) mass is 200 g/mol. The Labute approximate surface area is 90.3 Å². The number of likely N-dealkylation sites (N-methyl/N-ethyl adjacent to an activating group) is 1. The van der Waals surface area contributed by atoms with Crippen molar-refractivity contribution in [2.75, 3.05) is 40.3 Å². The molecule has 0 atom stereocenters. The Kier molecular flexibility index (Phi) is 7.20. The summed E-state index contributed by atoms with van der Waals surface area (Å²) in [5.41, 5.74) is 0. The second kappa shape index (κ2) is 7.24. The van der Waals surface area contributed by atoms with Crippen LogP contribution in [-0.4, -0.2) is 50.1 Å². The summed E-state index contributed by atoms with van der Waals surface area (Å²) in [4.78, 5) is 4.84. The van der Waals surface area contributed by atoms with Crippen molar-refractivity contribution in [2.24, 2.45) is 11.8 Å². The summed E-state index contributed by atoms with van der Waals surface area (Å²) in [6.07, 6.45) is 0. The van der Waals surface area contributed by atoms with Gasteiger partial charge in [0.05, 0.1) is 0 Å². The molecule has 0 unspecified atom stereocenters. The summed E-state index contributed by atoms with van der Waals surface area (Å²) in [5.74, 6) is 1.55. The summed E-state index contributed by atoms with van der Waals surface area (Å²) < 4.78 is 0. The Morgan fingerprint density at radius 2 is 1.21 bits per heavy atom. The van der Waals surface area contributed by atoms with Gasteiger partial charge in [0.1, 0.15) is 0 Å². The van der Waals surface area contributed by atoms with Crippen LogP contribution >= 0.6 is 0 Å². The molecule has 0 aliphatic heterocycles. The van der Waals surface area contributed by atoms with Crippen LogP contribution in [0.2, 0.25) is 0 Å².